The third-order valence-corrected chi connectivity index (χ3v) is 5.46. The molecule has 0 aliphatic rings. The molecule has 0 saturated heterocycles. The van der Waals surface area contributed by atoms with E-state index in [0.717, 1.165) is 21.8 Å². The molecule has 29 heavy (non-hydrogen) atoms. The van der Waals surface area contributed by atoms with Gasteiger partial charge in [-0.1, -0.05) is 35.9 Å². The van der Waals surface area contributed by atoms with Gasteiger partial charge in [-0.25, -0.2) is 4.98 Å². The number of thiazole rings is 1. The Morgan fingerprint density at radius 3 is 2.72 bits per heavy atom. The van der Waals surface area contributed by atoms with E-state index in [4.69, 9.17) is 10.00 Å². The molecule has 0 spiro atoms. The first-order valence-electron chi connectivity index (χ1n) is 9.36. The maximum atomic E-state index is 12.9. The molecule has 2 aromatic carbocycles. The number of carbonyl (C=O) groups is 1. The highest BCUT2D eigenvalue weighted by atomic mass is 32.1. The summed E-state index contributed by atoms with van der Waals surface area (Å²) in [7, 11) is 1.62. The van der Waals surface area contributed by atoms with Gasteiger partial charge >= 0.3 is 0 Å². The third kappa shape index (κ3) is 5.74. The summed E-state index contributed by atoms with van der Waals surface area (Å²) in [4.78, 5) is 19.4. The Kier molecular flexibility index (Phi) is 7.12. The lowest BCUT2D eigenvalue weighted by Gasteiger charge is -2.22. The normalized spacial score (nSPS) is 10.5. The molecule has 3 aromatic rings. The Balaban J connectivity index is 1.70. The number of carbonyl (C=O) groups excluding carboxylic acids is 1. The number of methoxy groups -OCH3 is 1. The van der Waals surface area contributed by atoms with Crippen molar-refractivity contribution in [1.82, 2.24) is 9.88 Å². The predicted molar refractivity (Wildman–Crippen MR) is 114 cm³/mol. The summed E-state index contributed by atoms with van der Waals surface area (Å²) in [5, 5.41) is 11.8. The molecular formula is C23H23N3O2S. The van der Waals surface area contributed by atoms with E-state index in [1.807, 2.05) is 29.6 Å². The molecule has 0 radical (unpaired) electrons. The van der Waals surface area contributed by atoms with Crippen LogP contribution < -0.4 is 0 Å². The number of amides is 1. The van der Waals surface area contributed by atoms with Crippen LogP contribution in [-0.2, 0) is 22.5 Å². The van der Waals surface area contributed by atoms with E-state index in [0.29, 0.717) is 25.3 Å². The molecule has 0 atom stereocenters. The van der Waals surface area contributed by atoms with E-state index in [9.17, 15) is 4.79 Å². The number of nitrogens with zero attached hydrogens (tertiary/aromatic N) is 3. The number of nitriles is 1. The van der Waals surface area contributed by atoms with Gasteiger partial charge in [-0.15, -0.1) is 11.3 Å². The Bertz CT molecular complexity index is 1010. The van der Waals surface area contributed by atoms with E-state index < -0.39 is 0 Å². The van der Waals surface area contributed by atoms with Gasteiger partial charge in [0.25, 0.3) is 0 Å². The number of aryl methyl sites for hydroxylation is 1. The number of rotatable bonds is 8. The Morgan fingerprint density at radius 1 is 1.24 bits per heavy atom. The second-order valence-electron chi connectivity index (χ2n) is 6.81. The van der Waals surface area contributed by atoms with Crippen molar-refractivity contribution >= 4 is 17.2 Å². The summed E-state index contributed by atoms with van der Waals surface area (Å²) >= 11 is 1.55. The van der Waals surface area contributed by atoms with Crippen LogP contribution in [0.4, 0.5) is 0 Å². The van der Waals surface area contributed by atoms with Crippen molar-refractivity contribution in [3.05, 3.63) is 76.3 Å². The number of benzene rings is 2. The molecular weight excluding hydrogens is 382 g/mol. The fourth-order valence-electron chi connectivity index (χ4n) is 2.96. The molecule has 3 rings (SSSR count). The van der Waals surface area contributed by atoms with E-state index >= 15 is 0 Å². The molecule has 1 heterocycles. The minimum Gasteiger partial charge on any atom is -0.383 e. The summed E-state index contributed by atoms with van der Waals surface area (Å²) in [5.74, 6) is 0.00695. The van der Waals surface area contributed by atoms with E-state index in [1.54, 1.807) is 35.5 Å². The summed E-state index contributed by atoms with van der Waals surface area (Å²) in [6.45, 7) is 3.50. The van der Waals surface area contributed by atoms with Crippen LogP contribution in [0.15, 0.2) is 53.9 Å². The van der Waals surface area contributed by atoms with E-state index in [-0.39, 0.29) is 12.3 Å². The van der Waals surface area contributed by atoms with Crippen molar-refractivity contribution in [2.45, 2.75) is 19.9 Å². The van der Waals surface area contributed by atoms with Crippen LogP contribution >= 0.6 is 11.3 Å². The lowest BCUT2D eigenvalue weighted by atomic mass is 10.1. The highest BCUT2D eigenvalue weighted by Gasteiger charge is 2.17. The number of hydrogen-bond donors (Lipinski definition) is 0. The first-order chi connectivity index (χ1) is 14.1. The molecule has 1 aromatic heterocycles. The molecule has 6 heteroatoms. The van der Waals surface area contributed by atoms with Gasteiger partial charge in [0, 0.05) is 31.1 Å². The minimum atomic E-state index is 0.00695. The standard InChI is InChI=1S/C23H23N3O2S/c1-17-4-3-5-20(12-17)23-25-21(16-29-23)13-22(27)26(10-11-28-2)15-19-8-6-18(14-24)7-9-19/h3-9,12,16H,10-11,13,15H2,1-2H3. The van der Waals surface area contributed by atoms with Crippen LogP contribution in [0.1, 0.15) is 22.4 Å². The SMILES string of the molecule is COCCN(Cc1ccc(C#N)cc1)C(=O)Cc1csc(-c2cccc(C)c2)n1. The molecule has 0 fully saturated rings. The van der Waals surface area contributed by atoms with Crippen LogP contribution in [0, 0.1) is 18.3 Å². The zero-order valence-electron chi connectivity index (χ0n) is 16.6. The van der Waals surface area contributed by atoms with Crippen molar-refractivity contribution in [2.24, 2.45) is 0 Å². The lowest BCUT2D eigenvalue weighted by molar-refractivity contribution is -0.131. The molecule has 0 saturated carbocycles. The molecule has 0 aliphatic carbocycles. The zero-order valence-corrected chi connectivity index (χ0v) is 17.4. The van der Waals surface area contributed by atoms with Crippen molar-refractivity contribution < 1.29 is 9.53 Å². The molecule has 148 valence electrons. The van der Waals surface area contributed by atoms with Gasteiger partial charge in [0.1, 0.15) is 5.01 Å². The van der Waals surface area contributed by atoms with E-state index in [1.165, 1.54) is 5.56 Å². The smallest absolute Gasteiger partial charge is 0.228 e. The average Bonchev–Trinajstić information content (AvgIpc) is 3.20. The second-order valence-corrected chi connectivity index (χ2v) is 7.67. The molecule has 5 nitrogen and oxygen atoms in total. The Labute approximate surface area is 175 Å². The van der Waals surface area contributed by atoms with Crippen molar-refractivity contribution in [3.63, 3.8) is 0 Å². The molecule has 0 bridgehead atoms. The predicted octanol–water partition coefficient (Wildman–Crippen LogP) is 4.21. The summed E-state index contributed by atoms with van der Waals surface area (Å²) in [5.41, 5.74) is 4.62. The topological polar surface area (TPSA) is 66.2 Å². The van der Waals surface area contributed by atoms with Gasteiger partial charge < -0.3 is 9.64 Å². The third-order valence-electron chi connectivity index (χ3n) is 4.52. The lowest BCUT2D eigenvalue weighted by Crippen LogP contribution is -2.34. The van der Waals surface area contributed by atoms with Gasteiger partial charge in [0.05, 0.1) is 30.4 Å². The average molecular weight is 406 g/mol. The summed E-state index contributed by atoms with van der Waals surface area (Å²) < 4.78 is 5.17. The van der Waals surface area contributed by atoms with Crippen LogP contribution in [-0.4, -0.2) is 36.1 Å². The molecule has 1 amide bonds. The Morgan fingerprint density at radius 2 is 2.03 bits per heavy atom. The quantitative estimate of drug-likeness (QED) is 0.563. The van der Waals surface area contributed by atoms with Gasteiger partial charge in [-0.05, 0) is 30.7 Å². The maximum absolute atomic E-state index is 12.9. The zero-order chi connectivity index (χ0) is 20.6. The van der Waals surface area contributed by atoms with Crippen LogP contribution in [0.25, 0.3) is 10.6 Å². The molecule has 0 aliphatic heterocycles. The van der Waals surface area contributed by atoms with Crippen molar-refractivity contribution in [1.29, 1.82) is 5.26 Å². The molecule has 0 N–H and O–H groups in total. The van der Waals surface area contributed by atoms with Gasteiger partial charge in [-0.2, -0.15) is 5.26 Å². The number of ether oxygens (including phenoxy) is 1. The Hall–Kier alpha value is -3.01. The van der Waals surface area contributed by atoms with Crippen LogP contribution in [0.3, 0.4) is 0 Å². The first-order valence-corrected chi connectivity index (χ1v) is 10.2. The van der Waals surface area contributed by atoms with Crippen molar-refractivity contribution in [3.8, 4) is 16.6 Å². The van der Waals surface area contributed by atoms with Gasteiger partial charge in [-0.3, -0.25) is 4.79 Å². The van der Waals surface area contributed by atoms with Gasteiger partial charge in [0.15, 0.2) is 0 Å². The second kappa shape index (κ2) is 9.97. The minimum absolute atomic E-state index is 0.00695. The first kappa shape index (κ1) is 20.7. The fraction of sp³-hybridized carbons (Fsp3) is 0.261. The van der Waals surface area contributed by atoms with Crippen LogP contribution in [0.2, 0.25) is 0 Å². The van der Waals surface area contributed by atoms with E-state index in [2.05, 4.69) is 30.1 Å². The number of hydrogen-bond acceptors (Lipinski definition) is 5. The van der Waals surface area contributed by atoms with Gasteiger partial charge in [0.2, 0.25) is 5.91 Å². The summed E-state index contributed by atoms with van der Waals surface area (Å²) in [6, 6.07) is 17.6. The fourth-order valence-corrected chi connectivity index (χ4v) is 3.78. The highest BCUT2D eigenvalue weighted by molar-refractivity contribution is 7.13. The van der Waals surface area contributed by atoms with Crippen LogP contribution in [0.5, 0.6) is 0 Å². The highest BCUT2D eigenvalue weighted by Crippen LogP contribution is 2.25. The largest absolute Gasteiger partial charge is 0.383 e. The monoisotopic (exact) mass is 405 g/mol. The molecule has 0 unspecified atom stereocenters. The maximum Gasteiger partial charge on any atom is 0.228 e. The number of aromatic nitrogens is 1. The summed E-state index contributed by atoms with van der Waals surface area (Å²) in [6.07, 6.45) is 0.252. The van der Waals surface area contributed by atoms with Crippen molar-refractivity contribution in [2.75, 3.05) is 20.3 Å².